The molecule has 0 unspecified atom stereocenters. The second-order valence-corrected chi connectivity index (χ2v) is 9.05. The number of halogens is 1. The standard InChI is InChI=1S/C24H29FN4O6S/c1-4-17-22(32)29-21(14(2)3)24(34)35-15(7-5-6-10-36-13-30)11-20(31)26-12-19-16(25)8-9-18(27-19)23(33)28-17/h4-5,7-9,13-15,21H,6,10-12H2,1-3H3,(H,26,31)(H,28,33)(H,29,32)/b7-5+,17-4-/t15-,21+/m1/s1. The number of allylic oxidation sites excluding steroid dienone is 2. The molecule has 2 heterocycles. The highest BCUT2D eigenvalue weighted by Crippen LogP contribution is 2.13. The Labute approximate surface area is 212 Å². The average Bonchev–Trinajstić information content (AvgIpc) is 2.83. The van der Waals surface area contributed by atoms with Crippen molar-refractivity contribution >= 4 is 41.1 Å². The van der Waals surface area contributed by atoms with Crippen LogP contribution in [0.15, 0.2) is 36.1 Å². The van der Waals surface area contributed by atoms with E-state index < -0.39 is 41.7 Å². The molecule has 194 valence electrons. The fraction of sp³-hybridized carbons (Fsp3) is 0.417. The number of cyclic esters (lactones) is 1. The zero-order chi connectivity index (χ0) is 26.7. The predicted molar refractivity (Wildman–Crippen MR) is 131 cm³/mol. The van der Waals surface area contributed by atoms with E-state index in [1.165, 1.54) is 19.1 Å². The van der Waals surface area contributed by atoms with E-state index in [0.29, 0.717) is 17.8 Å². The monoisotopic (exact) mass is 520 g/mol. The van der Waals surface area contributed by atoms with Gasteiger partial charge >= 0.3 is 5.97 Å². The molecule has 1 aromatic rings. The van der Waals surface area contributed by atoms with E-state index in [4.69, 9.17) is 4.74 Å². The fourth-order valence-corrected chi connectivity index (χ4v) is 3.51. The molecule has 12 heteroatoms. The van der Waals surface area contributed by atoms with Crippen molar-refractivity contribution in [1.82, 2.24) is 20.9 Å². The molecule has 0 saturated carbocycles. The minimum absolute atomic E-state index is 0.129. The number of rotatable bonds is 6. The van der Waals surface area contributed by atoms with Crippen molar-refractivity contribution in [3.05, 3.63) is 53.3 Å². The third-order valence-corrected chi connectivity index (χ3v) is 5.68. The van der Waals surface area contributed by atoms with Crippen LogP contribution in [0.2, 0.25) is 0 Å². The van der Waals surface area contributed by atoms with E-state index in [2.05, 4.69) is 20.9 Å². The number of nitrogens with one attached hydrogen (secondary N) is 3. The van der Waals surface area contributed by atoms with Gasteiger partial charge in [0.05, 0.1) is 18.7 Å². The Morgan fingerprint density at radius 1 is 1.22 bits per heavy atom. The van der Waals surface area contributed by atoms with Crippen molar-refractivity contribution < 1.29 is 33.1 Å². The first-order valence-electron chi connectivity index (χ1n) is 11.3. The number of nitrogens with zero attached hydrogens (tertiary/aromatic N) is 1. The highest BCUT2D eigenvalue weighted by molar-refractivity contribution is 8.11. The number of thioether (sulfide) groups is 1. The zero-order valence-electron chi connectivity index (χ0n) is 20.2. The molecule has 3 amide bonds. The lowest BCUT2D eigenvalue weighted by Crippen LogP contribution is -2.48. The Balaban J connectivity index is 2.39. The van der Waals surface area contributed by atoms with Gasteiger partial charge in [0, 0.05) is 5.75 Å². The summed E-state index contributed by atoms with van der Waals surface area (Å²) in [6.07, 6.45) is 3.81. The highest BCUT2D eigenvalue weighted by atomic mass is 32.2. The van der Waals surface area contributed by atoms with Crippen LogP contribution < -0.4 is 16.0 Å². The normalized spacial score (nSPS) is 21.2. The van der Waals surface area contributed by atoms with Crippen LogP contribution in [0.3, 0.4) is 0 Å². The van der Waals surface area contributed by atoms with Crippen molar-refractivity contribution in [1.29, 1.82) is 0 Å². The van der Waals surface area contributed by atoms with Crippen LogP contribution in [0.4, 0.5) is 4.39 Å². The third kappa shape index (κ3) is 8.59. The summed E-state index contributed by atoms with van der Waals surface area (Å²) >= 11 is 1.08. The molecule has 1 aromatic heterocycles. The van der Waals surface area contributed by atoms with Gasteiger partial charge in [-0.3, -0.25) is 19.2 Å². The van der Waals surface area contributed by atoms with Gasteiger partial charge in [0.1, 0.15) is 29.4 Å². The van der Waals surface area contributed by atoms with Crippen molar-refractivity contribution in [3.63, 3.8) is 0 Å². The first-order valence-corrected chi connectivity index (χ1v) is 12.3. The SMILES string of the molecule is C/C=C1\NC(=O)c2ccc(F)c(n2)CNC(=O)C[C@@H](/C=C/CCSC=O)OC(=O)[C@H](C(C)C)NC1=O. The van der Waals surface area contributed by atoms with E-state index in [-0.39, 0.29) is 36.0 Å². The molecule has 1 aliphatic heterocycles. The average molecular weight is 521 g/mol. The molecule has 0 spiro atoms. The maximum absolute atomic E-state index is 14.2. The molecule has 0 fully saturated rings. The number of esters is 1. The van der Waals surface area contributed by atoms with Gasteiger partial charge in [0.25, 0.3) is 11.8 Å². The highest BCUT2D eigenvalue weighted by Gasteiger charge is 2.30. The van der Waals surface area contributed by atoms with Crippen LogP contribution in [0.1, 0.15) is 49.8 Å². The largest absolute Gasteiger partial charge is 0.456 e. The fourth-order valence-electron chi connectivity index (χ4n) is 3.14. The predicted octanol–water partition coefficient (Wildman–Crippen LogP) is 1.80. The van der Waals surface area contributed by atoms with Crippen LogP contribution in [0.5, 0.6) is 0 Å². The summed E-state index contributed by atoms with van der Waals surface area (Å²) in [5.41, 5.74) is 0.251. The quantitative estimate of drug-likeness (QED) is 0.169. The first-order chi connectivity index (χ1) is 17.2. The zero-order valence-corrected chi connectivity index (χ0v) is 21.0. The third-order valence-electron chi connectivity index (χ3n) is 5.07. The Hall–Kier alpha value is -3.54. The lowest BCUT2D eigenvalue weighted by atomic mass is 10.0. The number of amides is 3. The number of pyridine rings is 1. The van der Waals surface area contributed by atoms with Gasteiger partial charge < -0.3 is 20.7 Å². The van der Waals surface area contributed by atoms with Crippen molar-refractivity contribution in [2.75, 3.05) is 5.75 Å². The second-order valence-electron chi connectivity index (χ2n) is 8.12. The lowest BCUT2D eigenvalue weighted by molar-refractivity contribution is -0.153. The number of fused-ring (bicyclic) bond motifs is 2. The summed E-state index contributed by atoms with van der Waals surface area (Å²) in [4.78, 5) is 65.4. The summed E-state index contributed by atoms with van der Waals surface area (Å²) in [6.45, 7) is 4.63. The van der Waals surface area contributed by atoms with Crippen molar-refractivity contribution in [2.24, 2.45) is 5.92 Å². The number of hydrogen-bond acceptors (Lipinski definition) is 8. The molecule has 0 aliphatic carbocycles. The van der Waals surface area contributed by atoms with Gasteiger partial charge in [-0.25, -0.2) is 14.2 Å². The van der Waals surface area contributed by atoms with Crippen LogP contribution in [0, 0.1) is 11.7 Å². The summed E-state index contributed by atoms with van der Waals surface area (Å²) in [7, 11) is 0. The Kier molecular flexibility index (Phi) is 11.3. The van der Waals surface area contributed by atoms with Crippen LogP contribution >= 0.6 is 11.8 Å². The minimum Gasteiger partial charge on any atom is -0.456 e. The molecule has 1 aliphatic rings. The molecule has 3 N–H and O–H groups in total. The van der Waals surface area contributed by atoms with Gasteiger partial charge in [-0.15, -0.1) is 0 Å². The number of carbonyl (C=O) groups is 5. The van der Waals surface area contributed by atoms with E-state index >= 15 is 0 Å². The van der Waals surface area contributed by atoms with Crippen LogP contribution in [0.25, 0.3) is 0 Å². The van der Waals surface area contributed by atoms with Crippen molar-refractivity contribution in [2.45, 2.75) is 52.3 Å². The molecule has 0 saturated heterocycles. The molecule has 2 atom stereocenters. The van der Waals surface area contributed by atoms with Crippen LogP contribution in [-0.2, 0) is 30.5 Å². The molecule has 0 aromatic carbocycles. The topological polar surface area (TPSA) is 144 Å². The lowest BCUT2D eigenvalue weighted by Gasteiger charge is -2.24. The van der Waals surface area contributed by atoms with E-state index in [0.717, 1.165) is 23.9 Å². The molecule has 0 radical (unpaired) electrons. The van der Waals surface area contributed by atoms with E-state index in [1.54, 1.807) is 19.9 Å². The number of ether oxygens (including phenoxy) is 1. The van der Waals surface area contributed by atoms with Gasteiger partial charge in [0.15, 0.2) is 5.62 Å². The smallest absolute Gasteiger partial charge is 0.329 e. The number of aromatic nitrogens is 1. The molecule has 2 rings (SSSR count). The van der Waals surface area contributed by atoms with E-state index in [1.807, 2.05) is 0 Å². The van der Waals surface area contributed by atoms with E-state index in [9.17, 15) is 28.4 Å². The molecular formula is C24H29FN4O6S. The Bertz CT molecular complexity index is 1060. The summed E-state index contributed by atoms with van der Waals surface area (Å²) in [5, 5.41) is 7.48. The van der Waals surface area contributed by atoms with Gasteiger partial charge in [-0.1, -0.05) is 37.8 Å². The second kappa shape index (κ2) is 14.1. The van der Waals surface area contributed by atoms with Crippen LogP contribution in [-0.4, -0.2) is 52.2 Å². The first kappa shape index (κ1) is 28.7. The van der Waals surface area contributed by atoms with Gasteiger partial charge in [-0.05, 0) is 37.5 Å². The summed E-state index contributed by atoms with van der Waals surface area (Å²) < 4.78 is 19.8. The molecule has 10 nitrogen and oxygen atoms in total. The minimum atomic E-state index is -1.07. The molecular weight excluding hydrogens is 491 g/mol. The Morgan fingerprint density at radius 2 is 1.97 bits per heavy atom. The molecule has 36 heavy (non-hydrogen) atoms. The molecule has 2 bridgehead atoms. The van der Waals surface area contributed by atoms with Crippen molar-refractivity contribution in [3.8, 4) is 0 Å². The van der Waals surface area contributed by atoms with Gasteiger partial charge in [0.2, 0.25) is 5.91 Å². The summed E-state index contributed by atoms with van der Waals surface area (Å²) in [6, 6.07) is 1.13. The van der Waals surface area contributed by atoms with Gasteiger partial charge in [-0.2, -0.15) is 0 Å². The number of carbonyl (C=O) groups excluding carboxylic acids is 5. The Morgan fingerprint density at radius 3 is 2.64 bits per heavy atom. The number of hydrogen-bond donors (Lipinski definition) is 3. The summed E-state index contributed by atoms with van der Waals surface area (Å²) in [5.74, 6) is -3.41. The maximum atomic E-state index is 14.2. The maximum Gasteiger partial charge on any atom is 0.329 e.